The second kappa shape index (κ2) is 6.14. The van der Waals surface area contributed by atoms with Crippen molar-refractivity contribution in [3.63, 3.8) is 0 Å². The van der Waals surface area contributed by atoms with E-state index in [1.807, 2.05) is 17.1 Å². The SMILES string of the molecule is CCn1cc(CN2CCC(O)(c3cccnc3F)CC2)cn1. The van der Waals surface area contributed by atoms with Gasteiger partial charge in [0.1, 0.15) is 0 Å². The molecule has 0 atom stereocenters. The fraction of sp³-hybridized carbons (Fsp3) is 0.500. The monoisotopic (exact) mass is 304 g/mol. The third-order valence-electron chi connectivity index (χ3n) is 4.36. The number of rotatable bonds is 4. The maximum absolute atomic E-state index is 13.8. The van der Waals surface area contributed by atoms with E-state index in [1.165, 1.54) is 11.8 Å². The summed E-state index contributed by atoms with van der Waals surface area (Å²) in [5.41, 5.74) is 0.371. The highest BCUT2D eigenvalue weighted by Crippen LogP contribution is 2.34. The largest absolute Gasteiger partial charge is 0.385 e. The molecular formula is C16H21FN4O. The minimum atomic E-state index is -1.11. The maximum Gasteiger partial charge on any atom is 0.218 e. The van der Waals surface area contributed by atoms with Crippen LogP contribution in [0.1, 0.15) is 30.9 Å². The van der Waals surface area contributed by atoms with E-state index in [-0.39, 0.29) is 0 Å². The third kappa shape index (κ3) is 3.03. The van der Waals surface area contributed by atoms with E-state index in [9.17, 15) is 9.50 Å². The Morgan fingerprint density at radius 2 is 2.14 bits per heavy atom. The molecule has 0 aliphatic carbocycles. The van der Waals surface area contributed by atoms with E-state index >= 15 is 0 Å². The summed E-state index contributed by atoms with van der Waals surface area (Å²) in [5, 5.41) is 15.0. The quantitative estimate of drug-likeness (QED) is 0.877. The molecule has 3 rings (SSSR count). The molecule has 1 aliphatic heterocycles. The number of hydrogen-bond acceptors (Lipinski definition) is 4. The number of aromatic nitrogens is 3. The molecule has 5 nitrogen and oxygen atoms in total. The zero-order chi connectivity index (χ0) is 15.6. The van der Waals surface area contributed by atoms with Crippen LogP contribution < -0.4 is 0 Å². The molecule has 3 heterocycles. The summed E-state index contributed by atoms with van der Waals surface area (Å²) in [6, 6.07) is 3.30. The standard InChI is InChI=1S/C16H21FN4O/c1-2-21-12-13(10-19-21)11-20-8-5-16(22,6-9-20)14-4-3-7-18-15(14)17/h3-4,7,10,12,22H,2,5-6,8-9,11H2,1H3. The molecule has 2 aromatic rings. The van der Waals surface area contributed by atoms with Crippen LogP contribution in [0.15, 0.2) is 30.7 Å². The second-order valence-corrected chi connectivity index (χ2v) is 5.85. The normalized spacial score (nSPS) is 18.5. The molecule has 1 N–H and O–H groups in total. The van der Waals surface area contributed by atoms with E-state index in [2.05, 4.69) is 21.9 Å². The zero-order valence-electron chi connectivity index (χ0n) is 12.7. The summed E-state index contributed by atoms with van der Waals surface area (Å²) < 4.78 is 15.7. The van der Waals surface area contributed by atoms with E-state index in [0.717, 1.165) is 26.2 Å². The van der Waals surface area contributed by atoms with Crippen molar-refractivity contribution in [3.05, 3.63) is 47.8 Å². The minimum Gasteiger partial charge on any atom is -0.385 e. The Hall–Kier alpha value is -1.79. The average molecular weight is 304 g/mol. The first-order valence-electron chi connectivity index (χ1n) is 7.68. The lowest BCUT2D eigenvalue weighted by molar-refractivity contribution is -0.0308. The summed E-state index contributed by atoms with van der Waals surface area (Å²) in [4.78, 5) is 5.91. The van der Waals surface area contributed by atoms with Gasteiger partial charge in [-0.15, -0.1) is 0 Å². The molecule has 0 spiro atoms. The van der Waals surface area contributed by atoms with Crippen molar-refractivity contribution in [2.45, 2.75) is 38.5 Å². The van der Waals surface area contributed by atoms with Crippen LogP contribution in [0.5, 0.6) is 0 Å². The lowest BCUT2D eigenvalue weighted by Gasteiger charge is -2.38. The maximum atomic E-state index is 13.8. The molecule has 1 fully saturated rings. The Bertz CT molecular complexity index is 635. The van der Waals surface area contributed by atoms with Crippen LogP contribution in [0.25, 0.3) is 0 Å². The van der Waals surface area contributed by atoms with Crippen LogP contribution in [0.2, 0.25) is 0 Å². The lowest BCUT2D eigenvalue weighted by Crippen LogP contribution is -2.42. The molecular weight excluding hydrogens is 283 g/mol. The fourth-order valence-electron chi connectivity index (χ4n) is 3.00. The molecule has 0 radical (unpaired) electrons. The van der Waals surface area contributed by atoms with Gasteiger partial charge in [0.15, 0.2) is 0 Å². The van der Waals surface area contributed by atoms with Crippen LogP contribution >= 0.6 is 0 Å². The summed E-state index contributed by atoms with van der Waals surface area (Å²) in [5.74, 6) is -0.567. The lowest BCUT2D eigenvalue weighted by atomic mass is 9.85. The molecule has 22 heavy (non-hydrogen) atoms. The van der Waals surface area contributed by atoms with Gasteiger partial charge in [0.05, 0.1) is 11.8 Å². The van der Waals surface area contributed by atoms with Gasteiger partial charge in [-0.3, -0.25) is 9.58 Å². The van der Waals surface area contributed by atoms with Gasteiger partial charge in [0.2, 0.25) is 5.95 Å². The van der Waals surface area contributed by atoms with Gasteiger partial charge in [0, 0.05) is 49.7 Å². The fourth-order valence-corrected chi connectivity index (χ4v) is 3.00. The van der Waals surface area contributed by atoms with Crippen LogP contribution in [0, 0.1) is 5.95 Å². The van der Waals surface area contributed by atoms with Crippen molar-refractivity contribution in [2.24, 2.45) is 0 Å². The second-order valence-electron chi connectivity index (χ2n) is 5.85. The van der Waals surface area contributed by atoms with E-state index in [1.54, 1.807) is 12.1 Å². The van der Waals surface area contributed by atoms with Crippen LogP contribution in [0.4, 0.5) is 4.39 Å². The Balaban J connectivity index is 1.63. The van der Waals surface area contributed by atoms with Gasteiger partial charge < -0.3 is 5.11 Å². The molecule has 1 aliphatic rings. The zero-order valence-corrected chi connectivity index (χ0v) is 12.7. The topological polar surface area (TPSA) is 54.2 Å². The number of aliphatic hydroxyl groups is 1. The van der Waals surface area contributed by atoms with Crippen LogP contribution in [-0.2, 0) is 18.7 Å². The Morgan fingerprint density at radius 3 is 2.77 bits per heavy atom. The van der Waals surface area contributed by atoms with Gasteiger partial charge in [-0.2, -0.15) is 9.49 Å². The number of halogens is 1. The van der Waals surface area contributed by atoms with Gasteiger partial charge >= 0.3 is 0 Å². The minimum absolute atomic E-state index is 0.313. The van der Waals surface area contributed by atoms with Crippen molar-refractivity contribution < 1.29 is 9.50 Å². The van der Waals surface area contributed by atoms with Crippen LogP contribution in [-0.4, -0.2) is 37.9 Å². The molecule has 0 aromatic carbocycles. The van der Waals surface area contributed by atoms with Gasteiger partial charge in [0.25, 0.3) is 0 Å². The van der Waals surface area contributed by atoms with E-state index < -0.39 is 11.5 Å². The van der Waals surface area contributed by atoms with Gasteiger partial charge in [-0.25, -0.2) is 4.98 Å². The number of hydrogen-bond donors (Lipinski definition) is 1. The molecule has 2 aromatic heterocycles. The summed E-state index contributed by atoms with van der Waals surface area (Å²) >= 11 is 0. The van der Waals surface area contributed by atoms with Crippen molar-refractivity contribution in [3.8, 4) is 0 Å². The smallest absolute Gasteiger partial charge is 0.218 e. The molecule has 6 heteroatoms. The van der Waals surface area contributed by atoms with Crippen molar-refractivity contribution in [2.75, 3.05) is 13.1 Å². The third-order valence-corrected chi connectivity index (χ3v) is 4.36. The number of pyridine rings is 1. The summed E-state index contributed by atoms with van der Waals surface area (Å²) in [6.07, 6.45) is 6.35. The van der Waals surface area contributed by atoms with Crippen molar-refractivity contribution >= 4 is 0 Å². The van der Waals surface area contributed by atoms with Gasteiger partial charge in [-0.1, -0.05) is 6.07 Å². The van der Waals surface area contributed by atoms with E-state index in [0.29, 0.717) is 18.4 Å². The van der Waals surface area contributed by atoms with Crippen molar-refractivity contribution in [1.29, 1.82) is 0 Å². The Labute approximate surface area is 129 Å². The highest BCUT2D eigenvalue weighted by atomic mass is 19.1. The number of piperidine rings is 1. The Kier molecular flexibility index (Phi) is 4.22. The molecule has 118 valence electrons. The average Bonchev–Trinajstić information content (AvgIpc) is 2.98. The summed E-state index contributed by atoms with van der Waals surface area (Å²) in [7, 11) is 0. The Morgan fingerprint density at radius 1 is 1.36 bits per heavy atom. The summed E-state index contributed by atoms with van der Waals surface area (Å²) in [6.45, 7) is 5.18. The molecule has 0 bridgehead atoms. The number of aryl methyl sites for hydroxylation is 1. The first kappa shape index (κ1) is 15.1. The van der Waals surface area contributed by atoms with E-state index in [4.69, 9.17) is 0 Å². The van der Waals surface area contributed by atoms with Gasteiger partial charge in [-0.05, 0) is 25.8 Å². The highest BCUT2D eigenvalue weighted by Gasteiger charge is 2.36. The van der Waals surface area contributed by atoms with Crippen LogP contribution in [0.3, 0.4) is 0 Å². The molecule has 0 saturated carbocycles. The predicted octanol–water partition coefficient (Wildman–Crippen LogP) is 1.92. The molecule has 0 unspecified atom stereocenters. The number of likely N-dealkylation sites (tertiary alicyclic amines) is 1. The molecule has 0 amide bonds. The molecule has 1 saturated heterocycles. The van der Waals surface area contributed by atoms with Crippen molar-refractivity contribution in [1.82, 2.24) is 19.7 Å². The predicted molar refractivity (Wildman–Crippen MR) is 80.5 cm³/mol. The first-order chi connectivity index (χ1) is 10.6. The number of nitrogens with zero attached hydrogens (tertiary/aromatic N) is 4. The first-order valence-corrected chi connectivity index (χ1v) is 7.68. The highest BCUT2D eigenvalue weighted by molar-refractivity contribution is 5.20.